The predicted molar refractivity (Wildman–Crippen MR) is 59.0 cm³/mol. The van der Waals surface area contributed by atoms with Crippen LogP contribution in [0.5, 0.6) is 0 Å². The van der Waals surface area contributed by atoms with E-state index in [1.54, 1.807) is 6.92 Å². The number of carbonyl (C=O) groups is 1. The number of aromatic nitrogens is 2. The maximum absolute atomic E-state index is 11.8. The van der Waals surface area contributed by atoms with Gasteiger partial charge in [0.1, 0.15) is 12.4 Å². The van der Waals surface area contributed by atoms with Crippen molar-refractivity contribution in [2.45, 2.75) is 19.1 Å². The summed E-state index contributed by atoms with van der Waals surface area (Å²) in [6.45, 7) is 0.119. The monoisotopic (exact) mass is 279 g/mol. The number of hydrogen-bond donors (Lipinski definition) is 2. The van der Waals surface area contributed by atoms with E-state index in [1.165, 1.54) is 6.20 Å². The first-order valence-electron chi connectivity index (χ1n) is 5.24. The molecule has 1 heterocycles. The standard InChI is InChI=1S/C10H12F3N3O3/c1-6(4-19-5-10(11,12)13)16-8-3-14-7(2-15-8)9(17)18/h2-3,6H,4-5H2,1H3,(H,15,16)(H,17,18). The highest BCUT2D eigenvalue weighted by Gasteiger charge is 2.27. The number of aromatic carboxylic acids is 1. The Kier molecular flexibility index (Phi) is 5.04. The van der Waals surface area contributed by atoms with Crippen molar-refractivity contribution < 1.29 is 27.8 Å². The van der Waals surface area contributed by atoms with E-state index in [9.17, 15) is 18.0 Å². The fraction of sp³-hybridized carbons (Fsp3) is 0.500. The Bertz CT molecular complexity index is 422. The van der Waals surface area contributed by atoms with E-state index < -0.39 is 24.8 Å². The predicted octanol–water partition coefficient (Wildman–Crippen LogP) is 1.55. The Morgan fingerprint density at radius 3 is 2.63 bits per heavy atom. The number of hydrogen-bond acceptors (Lipinski definition) is 5. The molecule has 9 heteroatoms. The van der Waals surface area contributed by atoms with Crippen molar-refractivity contribution in [1.29, 1.82) is 0 Å². The first-order valence-corrected chi connectivity index (χ1v) is 5.24. The highest BCUT2D eigenvalue weighted by atomic mass is 19.4. The lowest BCUT2D eigenvalue weighted by molar-refractivity contribution is -0.174. The first-order chi connectivity index (χ1) is 8.78. The Morgan fingerprint density at radius 2 is 2.16 bits per heavy atom. The minimum Gasteiger partial charge on any atom is -0.476 e. The van der Waals surface area contributed by atoms with Gasteiger partial charge in [0.2, 0.25) is 0 Å². The van der Waals surface area contributed by atoms with Crippen molar-refractivity contribution >= 4 is 11.8 Å². The number of carboxylic acids is 1. The third-order valence-electron chi connectivity index (χ3n) is 1.90. The summed E-state index contributed by atoms with van der Waals surface area (Å²) in [4.78, 5) is 17.9. The number of ether oxygens (including phenoxy) is 1. The molecule has 0 spiro atoms. The number of rotatable bonds is 6. The molecule has 1 atom stereocenters. The Balaban J connectivity index is 2.40. The van der Waals surface area contributed by atoms with Gasteiger partial charge in [-0.3, -0.25) is 0 Å². The number of halogens is 3. The molecular formula is C10H12F3N3O3. The molecule has 0 radical (unpaired) electrons. The van der Waals surface area contributed by atoms with Crippen molar-refractivity contribution in [3.63, 3.8) is 0 Å². The molecule has 0 aliphatic carbocycles. The van der Waals surface area contributed by atoms with Crippen molar-refractivity contribution in [2.75, 3.05) is 18.5 Å². The van der Waals surface area contributed by atoms with Gasteiger partial charge in [0, 0.05) is 6.04 Å². The fourth-order valence-electron chi connectivity index (χ4n) is 1.16. The average Bonchev–Trinajstić information content (AvgIpc) is 2.27. The van der Waals surface area contributed by atoms with Gasteiger partial charge in [-0.25, -0.2) is 14.8 Å². The summed E-state index contributed by atoms with van der Waals surface area (Å²) in [5, 5.41) is 11.3. The normalized spacial score (nSPS) is 13.1. The summed E-state index contributed by atoms with van der Waals surface area (Å²) < 4.78 is 40.0. The molecule has 0 aliphatic heterocycles. The molecule has 1 aromatic heterocycles. The lowest BCUT2D eigenvalue weighted by atomic mass is 10.3. The molecule has 0 fully saturated rings. The number of alkyl halides is 3. The molecule has 0 amide bonds. The SMILES string of the molecule is CC(COCC(F)(F)F)Nc1cnc(C(=O)O)cn1. The van der Waals surface area contributed by atoms with Gasteiger partial charge in [0.15, 0.2) is 5.69 Å². The second kappa shape index (κ2) is 6.32. The van der Waals surface area contributed by atoms with Crippen LogP contribution in [0.2, 0.25) is 0 Å². The second-order valence-electron chi connectivity index (χ2n) is 3.77. The molecular weight excluding hydrogens is 267 g/mol. The van der Waals surface area contributed by atoms with Crippen LogP contribution in [0.1, 0.15) is 17.4 Å². The topological polar surface area (TPSA) is 84.3 Å². The van der Waals surface area contributed by atoms with Crippen LogP contribution in [0.3, 0.4) is 0 Å². The molecule has 0 saturated carbocycles. The maximum Gasteiger partial charge on any atom is 0.411 e. The molecule has 0 aromatic carbocycles. The molecule has 6 nitrogen and oxygen atoms in total. The van der Waals surface area contributed by atoms with E-state index in [0.717, 1.165) is 6.20 Å². The van der Waals surface area contributed by atoms with E-state index in [-0.39, 0.29) is 18.1 Å². The summed E-state index contributed by atoms with van der Waals surface area (Å²) >= 11 is 0. The summed E-state index contributed by atoms with van der Waals surface area (Å²) in [7, 11) is 0. The number of nitrogens with one attached hydrogen (secondary N) is 1. The molecule has 19 heavy (non-hydrogen) atoms. The molecule has 1 rings (SSSR count). The number of carboxylic acid groups (broad SMARTS) is 1. The van der Waals surface area contributed by atoms with Gasteiger partial charge in [-0.15, -0.1) is 0 Å². The first kappa shape index (κ1) is 15.2. The number of nitrogens with zero attached hydrogens (tertiary/aromatic N) is 2. The van der Waals surface area contributed by atoms with Crippen molar-refractivity contribution in [1.82, 2.24) is 9.97 Å². The summed E-state index contributed by atoms with van der Waals surface area (Å²) in [5.41, 5.74) is -0.216. The molecule has 0 bridgehead atoms. The summed E-state index contributed by atoms with van der Waals surface area (Å²) in [5.74, 6) is -0.950. The van der Waals surface area contributed by atoms with E-state index in [1.807, 2.05) is 0 Å². The zero-order valence-corrected chi connectivity index (χ0v) is 9.94. The fourth-order valence-corrected chi connectivity index (χ4v) is 1.16. The Morgan fingerprint density at radius 1 is 1.47 bits per heavy atom. The van der Waals surface area contributed by atoms with Crippen LogP contribution < -0.4 is 5.32 Å². The van der Waals surface area contributed by atoms with Gasteiger partial charge in [0.05, 0.1) is 19.0 Å². The highest BCUT2D eigenvalue weighted by Crippen LogP contribution is 2.14. The van der Waals surface area contributed by atoms with Gasteiger partial charge in [-0.1, -0.05) is 0 Å². The van der Waals surface area contributed by atoms with Gasteiger partial charge in [0.25, 0.3) is 0 Å². The zero-order chi connectivity index (χ0) is 14.5. The van der Waals surface area contributed by atoms with Crippen molar-refractivity contribution in [2.24, 2.45) is 0 Å². The van der Waals surface area contributed by atoms with Crippen LogP contribution in [-0.4, -0.2) is 46.5 Å². The third-order valence-corrected chi connectivity index (χ3v) is 1.90. The molecule has 106 valence electrons. The zero-order valence-electron chi connectivity index (χ0n) is 9.94. The molecule has 1 unspecified atom stereocenters. The smallest absolute Gasteiger partial charge is 0.411 e. The molecule has 0 saturated heterocycles. The van der Waals surface area contributed by atoms with Crippen LogP contribution in [-0.2, 0) is 4.74 Å². The van der Waals surface area contributed by atoms with Crippen molar-refractivity contribution in [3.8, 4) is 0 Å². The van der Waals surface area contributed by atoms with Crippen molar-refractivity contribution in [3.05, 3.63) is 18.1 Å². The van der Waals surface area contributed by atoms with Crippen LogP contribution in [0.25, 0.3) is 0 Å². The molecule has 0 aliphatic rings. The quantitative estimate of drug-likeness (QED) is 0.822. The largest absolute Gasteiger partial charge is 0.476 e. The maximum atomic E-state index is 11.8. The van der Waals surface area contributed by atoms with Crippen LogP contribution in [0.4, 0.5) is 19.0 Å². The van der Waals surface area contributed by atoms with Crippen LogP contribution >= 0.6 is 0 Å². The minimum absolute atomic E-state index is 0.165. The Labute approximate surface area is 106 Å². The summed E-state index contributed by atoms with van der Waals surface area (Å²) in [6, 6.07) is -0.424. The van der Waals surface area contributed by atoms with Gasteiger partial charge in [-0.2, -0.15) is 13.2 Å². The van der Waals surface area contributed by atoms with Crippen LogP contribution in [0, 0.1) is 0 Å². The van der Waals surface area contributed by atoms with Gasteiger partial charge < -0.3 is 15.2 Å². The van der Waals surface area contributed by atoms with E-state index >= 15 is 0 Å². The number of anilines is 1. The van der Waals surface area contributed by atoms with E-state index in [2.05, 4.69) is 20.0 Å². The third kappa shape index (κ3) is 6.00. The second-order valence-corrected chi connectivity index (χ2v) is 3.77. The Hall–Kier alpha value is -1.90. The molecule has 1 aromatic rings. The van der Waals surface area contributed by atoms with E-state index in [0.29, 0.717) is 0 Å². The van der Waals surface area contributed by atoms with Gasteiger partial charge in [-0.05, 0) is 6.92 Å². The average molecular weight is 279 g/mol. The van der Waals surface area contributed by atoms with Crippen LogP contribution in [0.15, 0.2) is 12.4 Å². The summed E-state index contributed by atoms with van der Waals surface area (Å²) in [6.07, 6.45) is -2.12. The van der Waals surface area contributed by atoms with Gasteiger partial charge >= 0.3 is 12.1 Å². The lowest BCUT2D eigenvalue weighted by Crippen LogP contribution is -2.26. The van der Waals surface area contributed by atoms with E-state index in [4.69, 9.17) is 5.11 Å². The highest BCUT2D eigenvalue weighted by molar-refractivity contribution is 5.84. The molecule has 2 N–H and O–H groups in total. The lowest BCUT2D eigenvalue weighted by Gasteiger charge is -2.15. The minimum atomic E-state index is -4.36.